The molecule has 3 atom stereocenters. The molecule has 3 aliphatic rings. The summed E-state index contributed by atoms with van der Waals surface area (Å²) in [5.41, 5.74) is 6.30. The number of benzene rings is 1. The van der Waals surface area contributed by atoms with Crippen LogP contribution < -0.4 is 15.8 Å². The maximum Gasteiger partial charge on any atom is 0.231 e. The van der Waals surface area contributed by atoms with Crippen molar-refractivity contribution in [2.45, 2.75) is 84.4 Å². The van der Waals surface area contributed by atoms with Crippen LogP contribution in [-0.2, 0) is 9.59 Å². The van der Waals surface area contributed by atoms with Crippen LogP contribution in [0, 0.1) is 17.3 Å². The highest BCUT2D eigenvalue weighted by Crippen LogP contribution is 2.59. The monoisotopic (exact) mass is 454 g/mol. The molecule has 2 aliphatic heterocycles. The molecule has 1 aromatic rings. The first-order valence-electron chi connectivity index (χ1n) is 12.2. The minimum atomic E-state index is -0.392. The third kappa shape index (κ3) is 4.22. The van der Waals surface area contributed by atoms with E-state index in [1.165, 1.54) is 0 Å². The Bertz CT molecular complexity index is 980. The lowest BCUT2D eigenvalue weighted by atomic mass is 9.88. The van der Waals surface area contributed by atoms with Gasteiger partial charge in [-0.3, -0.25) is 14.5 Å². The van der Waals surface area contributed by atoms with Gasteiger partial charge in [-0.25, -0.2) is 4.99 Å². The molecule has 0 radical (unpaired) electrons. The zero-order valence-electron chi connectivity index (χ0n) is 20.8. The highest BCUT2D eigenvalue weighted by Gasteiger charge is 2.62. The predicted molar refractivity (Wildman–Crippen MR) is 129 cm³/mol. The molecule has 3 N–H and O–H groups in total. The Morgan fingerprint density at radius 3 is 2.52 bits per heavy atom. The number of aliphatic imine (C=N–C) groups is 1. The Kier molecular flexibility index (Phi) is 5.74. The maximum absolute atomic E-state index is 13.4. The Hall–Kier alpha value is -2.57. The van der Waals surface area contributed by atoms with Crippen molar-refractivity contribution in [3.05, 3.63) is 29.8 Å². The van der Waals surface area contributed by atoms with Gasteiger partial charge in [0.15, 0.2) is 5.96 Å². The van der Waals surface area contributed by atoms with E-state index in [2.05, 4.69) is 19.2 Å². The van der Waals surface area contributed by atoms with Gasteiger partial charge >= 0.3 is 0 Å². The number of rotatable bonds is 6. The third-order valence-corrected chi connectivity index (χ3v) is 8.13. The minimum Gasteiger partial charge on any atom is -0.487 e. The molecular weight excluding hydrogens is 416 g/mol. The molecule has 0 spiro atoms. The molecule has 1 aliphatic carbocycles. The van der Waals surface area contributed by atoms with E-state index in [4.69, 9.17) is 15.5 Å². The van der Waals surface area contributed by atoms with Crippen molar-refractivity contribution in [3.8, 4) is 5.75 Å². The molecule has 1 saturated carbocycles. The largest absolute Gasteiger partial charge is 0.487 e. The molecule has 7 heteroatoms. The smallest absolute Gasteiger partial charge is 0.231 e. The SMILES string of the molecule is CCC1(CC)CC(=O)N(C[C@@H]2[C@@H](C(=O)N[C@H]3CC(C)(C)Oc4ccccc43)C2(C)C)C(N)=N1. The fourth-order valence-electron chi connectivity index (χ4n) is 5.70. The van der Waals surface area contributed by atoms with Crippen LogP contribution in [-0.4, -0.2) is 40.4 Å². The van der Waals surface area contributed by atoms with E-state index in [1.54, 1.807) is 4.90 Å². The van der Waals surface area contributed by atoms with Gasteiger partial charge in [-0.2, -0.15) is 0 Å². The standard InChI is InChI=1S/C26H38N4O3/c1-7-26(8-2)14-20(31)30(23(27)29-26)15-17-21(25(17,5)6)22(32)28-18-13-24(3,4)33-19-12-10-9-11-16(18)19/h9-12,17-18,21H,7-8,13-15H2,1-6H3,(H2,27,29)(H,28,32)/t17-,18+,21+/m1/s1. The molecule has 7 nitrogen and oxygen atoms in total. The van der Waals surface area contributed by atoms with Crippen LogP contribution in [0.2, 0.25) is 0 Å². The first kappa shape index (κ1) is 23.6. The molecule has 2 heterocycles. The number of hydrogen-bond donors (Lipinski definition) is 2. The first-order chi connectivity index (χ1) is 15.4. The second-order valence-electron chi connectivity index (χ2n) is 11.2. The molecule has 0 bridgehead atoms. The Morgan fingerprint density at radius 1 is 1.21 bits per heavy atom. The van der Waals surface area contributed by atoms with Crippen molar-refractivity contribution in [1.29, 1.82) is 0 Å². The summed E-state index contributed by atoms with van der Waals surface area (Å²) in [7, 11) is 0. The van der Waals surface area contributed by atoms with Crippen LogP contribution in [0.4, 0.5) is 0 Å². The van der Waals surface area contributed by atoms with Crippen molar-refractivity contribution in [2.75, 3.05) is 6.54 Å². The van der Waals surface area contributed by atoms with Crippen LogP contribution >= 0.6 is 0 Å². The van der Waals surface area contributed by atoms with Gasteiger partial charge in [0.1, 0.15) is 11.4 Å². The van der Waals surface area contributed by atoms with Gasteiger partial charge < -0.3 is 15.8 Å². The highest BCUT2D eigenvalue weighted by molar-refractivity contribution is 5.99. The van der Waals surface area contributed by atoms with Crippen molar-refractivity contribution in [2.24, 2.45) is 28.0 Å². The third-order valence-electron chi connectivity index (χ3n) is 8.13. The fourth-order valence-corrected chi connectivity index (χ4v) is 5.70. The van der Waals surface area contributed by atoms with Crippen molar-refractivity contribution in [3.63, 3.8) is 0 Å². The number of para-hydroxylation sites is 1. The van der Waals surface area contributed by atoms with Crippen LogP contribution in [0.5, 0.6) is 5.75 Å². The quantitative estimate of drug-likeness (QED) is 0.683. The van der Waals surface area contributed by atoms with E-state index < -0.39 is 5.54 Å². The average Bonchev–Trinajstić information content (AvgIpc) is 3.29. The van der Waals surface area contributed by atoms with E-state index in [9.17, 15) is 9.59 Å². The summed E-state index contributed by atoms with van der Waals surface area (Å²) in [6.45, 7) is 12.8. The van der Waals surface area contributed by atoms with Gasteiger partial charge in [-0.1, -0.05) is 45.9 Å². The number of guanidine groups is 1. The molecule has 2 amide bonds. The Labute approximate surface area is 197 Å². The first-order valence-corrected chi connectivity index (χ1v) is 12.2. The van der Waals surface area contributed by atoms with Crippen molar-refractivity contribution in [1.82, 2.24) is 10.2 Å². The zero-order valence-corrected chi connectivity index (χ0v) is 20.8. The molecule has 4 rings (SSSR count). The summed E-state index contributed by atoms with van der Waals surface area (Å²) >= 11 is 0. The molecule has 33 heavy (non-hydrogen) atoms. The zero-order chi connectivity index (χ0) is 24.2. The maximum atomic E-state index is 13.4. The van der Waals surface area contributed by atoms with Crippen LogP contribution in [0.3, 0.4) is 0 Å². The number of carbonyl (C=O) groups is 2. The van der Waals surface area contributed by atoms with E-state index in [1.807, 2.05) is 52.0 Å². The number of fused-ring (bicyclic) bond motifs is 1. The average molecular weight is 455 g/mol. The van der Waals surface area contributed by atoms with Gasteiger partial charge in [-0.15, -0.1) is 0 Å². The van der Waals surface area contributed by atoms with Crippen LogP contribution in [0.25, 0.3) is 0 Å². The second kappa shape index (κ2) is 8.03. The van der Waals surface area contributed by atoms with E-state index >= 15 is 0 Å². The molecule has 180 valence electrons. The lowest BCUT2D eigenvalue weighted by Crippen LogP contribution is -2.52. The lowest BCUT2D eigenvalue weighted by Gasteiger charge is -2.38. The Morgan fingerprint density at radius 2 is 1.88 bits per heavy atom. The van der Waals surface area contributed by atoms with Gasteiger partial charge in [-0.05, 0) is 44.1 Å². The molecular formula is C26H38N4O3. The molecule has 0 saturated heterocycles. The molecule has 0 aromatic heterocycles. The van der Waals surface area contributed by atoms with Gasteiger partial charge in [0.2, 0.25) is 11.8 Å². The Balaban J connectivity index is 1.48. The van der Waals surface area contributed by atoms with E-state index in [0.29, 0.717) is 19.4 Å². The normalized spacial score (nSPS) is 28.9. The summed E-state index contributed by atoms with van der Waals surface area (Å²) in [5.74, 6) is 1.00. The fraction of sp³-hybridized carbons (Fsp3) is 0.654. The summed E-state index contributed by atoms with van der Waals surface area (Å²) in [6, 6.07) is 7.79. The topological polar surface area (TPSA) is 97.0 Å². The summed E-state index contributed by atoms with van der Waals surface area (Å²) < 4.78 is 6.11. The van der Waals surface area contributed by atoms with Crippen LogP contribution in [0.15, 0.2) is 29.3 Å². The predicted octanol–water partition coefficient (Wildman–Crippen LogP) is 3.78. The lowest BCUT2D eigenvalue weighted by molar-refractivity contribution is -0.130. The van der Waals surface area contributed by atoms with E-state index in [0.717, 1.165) is 24.2 Å². The molecule has 1 aromatic carbocycles. The number of nitrogens with one attached hydrogen (secondary N) is 1. The molecule has 1 fully saturated rings. The highest BCUT2D eigenvalue weighted by atomic mass is 16.5. The summed E-state index contributed by atoms with van der Waals surface area (Å²) in [4.78, 5) is 32.7. The number of nitrogens with zero attached hydrogens (tertiary/aromatic N) is 2. The molecule has 0 unspecified atom stereocenters. The van der Waals surface area contributed by atoms with E-state index in [-0.39, 0.29) is 46.7 Å². The van der Waals surface area contributed by atoms with Gasteiger partial charge in [0.25, 0.3) is 0 Å². The van der Waals surface area contributed by atoms with Crippen molar-refractivity contribution >= 4 is 17.8 Å². The van der Waals surface area contributed by atoms with Crippen LogP contribution in [0.1, 0.15) is 78.8 Å². The number of nitrogens with two attached hydrogens (primary N) is 1. The number of amides is 2. The van der Waals surface area contributed by atoms with Crippen molar-refractivity contribution < 1.29 is 14.3 Å². The van der Waals surface area contributed by atoms with Gasteiger partial charge in [0, 0.05) is 24.4 Å². The number of hydrogen-bond acceptors (Lipinski definition) is 5. The number of carbonyl (C=O) groups excluding carboxylic acids is 2. The van der Waals surface area contributed by atoms with Gasteiger partial charge in [0.05, 0.1) is 18.0 Å². The minimum absolute atomic E-state index is 0.00756. The second-order valence-corrected chi connectivity index (χ2v) is 11.2. The summed E-state index contributed by atoms with van der Waals surface area (Å²) in [5, 5.41) is 3.29. The summed E-state index contributed by atoms with van der Waals surface area (Å²) in [6.07, 6.45) is 2.64. The number of ether oxygens (including phenoxy) is 1.